The van der Waals surface area contributed by atoms with E-state index in [4.69, 9.17) is 5.53 Å². The van der Waals surface area contributed by atoms with Crippen LogP contribution in [0.4, 0.5) is 0 Å². The quantitative estimate of drug-likeness (QED) is 0.510. The number of unbranched alkanes of at least 4 members (excludes halogenated alkanes) is 1. The maximum absolute atomic E-state index is 6.61. The van der Waals surface area contributed by atoms with Crippen molar-refractivity contribution in [3.8, 4) is 0 Å². The van der Waals surface area contributed by atoms with Crippen molar-refractivity contribution in [1.29, 1.82) is 5.53 Å². The van der Waals surface area contributed by atoms with E-state index in [1.54, 1.807) is 0 Å². The molecule has 0 unspecified atom stereocenters. The van der Waals surface area contributed by atoms with E-state index >= 15 is 0 Å². The molecule has 0 radical (unpaired) electrons. The first-order valence-corrected chi connectivity index (χ1v) is 4.30. The van der Waals surface area contributed by atoms with Gasteiger partial charge in [0, 0.05) is 0 Å². The first-order chi connectivity index (χ1) is 5.93. The Labute approximate surface area is 73.1 Å². The van der Waals surface area contributed by atoms with Gasteiger partial charge in [-0.2, -0.15) is 5.11 Å². The molecular weight excluding hydrogens is 148 g/mol. The molecule has 1 aromatic rings. The van der Waals surface area contributed by atoms with Crippen LogP contribution in [0.5, 0.6) is 0 Å². The third kappa shape index (κ3) is 3.28. The minimum absolute atomic E-state index is 0.673. The van der Waals surface area contributed by atoms with Gasteiger partial charge < -0.3 is 0 Å². The lowest BCUT2D eigenvalue weighted by Crippen LogP contribution is -1.86. The van der Waals surface area contributed by atoms with Crippen LogP contribution >= 0.6 is 0 Å². The van der Waals surface area contributed by atoms with Gasteiger partial charge in [-0.05, 0) is 24.8 Å². The number of nitrogens with one attached hydrogen (secondary N) is 1. The molecule has 64 valence electrons. The third-order valence-electron chi connectivity index (χ3n) is 1.83. The van der Waals surface area contributed by atoms with Crippen molar-refractivity contribution in [2.75, 3.05) is 6.54 Å². The lowest BCUT2D eigenvalue weighted by molar-refractivity contribution is 0.717. The summed E-state index contributed by atoms with van der Waals surface area (Å²) in [4.78, 5) is 0. The molecule has 0 aliphatic heterocycles. The van der Waals surface area contributed by atoms with Gasteiger partial charge in [0.15, 0.2) is 0 Å². The van der Waals surface area contributed by atoms with E-state index in [0.717, 1.165) is 19.3 Å². The summed E-state index contributed by atoms with van der Waals surface area (Å²) in [5, 5.41) is 3.32. The van der Waals surface area contributed by atoms with Crippen LogP contribution in [0.25, 0.3) is 0 Å². The molecule has 1 rings (SSSR count). The summed E-state index contributed by atoms with van der Waals surface area (Å²) in [6.07, 6.45) is 3.27. The first kappa shape index (κ1) is 8.91. The van der Waals surface area contributed by atoms with Crippen molar-refractivity contribution in [2.24, 2.45) is 5.11 Å². The van der Waals surface area contributed by atoms with Crippen molar-refractivity contribution >= 4 is 0 Å². The molecule has 0 atom stereocenters. The fraction of sp³-hybridized carbons (Fsp3) is 0.400. The maximum atomic E-state index is 6.61. The molecule has 0 saturated heterocycles. The summed E-state index contributed by atoms with van der Waals surface area (Å²) in [6.45, 7) is 0.673. The Bertz CT molecular complexity index is 219. The van der Waals surface area contributed by atoms with Crippen molar-refractivity contribution < 1.29 is 0 Å². The number of benzene rings is 1. The summed E-state index contributed by atoms with van der Waals surface area (Å²) in [6, 6.07) is 10.4. The van der Waals surface area contributed by atoms with E-state index in [9.17, 15) is 0 Å². The monoisotopic (exact) mass is 162 g/mol. The highest BCUT2D eigenvalue weighted by Crippen LogP contribution is 2.03. The zero-order chi connectivity index (χ0) is 8.65. The Balaban J connectivity index is 2.20. The maximum Gasteiger partial charge on any atom is 0.0596 e. The predicted octanol–water partition coefficient (Wildman–Crippen LogP) is 3.04. The van der Waals surface area contributed by atoms with Gasteiger partial charge in [0.1, 0.15) is 0 Å². The van der Waals surface area contributed by atoms with Crippen molar-refractivity contribution in [1.82, 2.24) is 0 Å². The second-order valence-electron chi connectivity index (χ2n) is 2.82. The average molecular weight is 162 g/mol. The predicted molar refractivity (Wildman–Crippen MR) is 49.4 cm³/mol. The molecule has 2 heteroatoms. The Morgan fingerprint density at radius 1 is 1.08 bits per heavy atom. The number of nitrogens with zero attached hydrogens (tertiary/aromatic N) is 1. The molecule has 0 amide bonds. The van der Waals surface area contributed by atoms with Crippen LogP contribution in [-0.4, -0.2) is 6.54 Å². The summed E-state index contributed by atoms with van der Waals surface area (Å²) < 4.78 is 0. The summed E-state index contributed by atoms with van der Waals surface area (Å²) >= 11 is 0. The molecule has 0 aliphatic rings. The Kier molecular flexibility index (Phi) is 4.06. The minimum atomic E-state index is 0.673. The smallest absolute Gasteiger partial charge is 0.0596 e. The molecule has 0 spiro atoms. The van der Waals surface area contributed by atoms with Gasteiger partial charge in [-0.15, -0.1) is 0 Å². The van der Waals surface area contributed by atoms with Gasteiger partial charge in [0.2, 0.25) is 0 Å². The van der Waals surface area contributed by atoms with Gasteiger partial charge in [0.05, 0.1) is 6.54 Å². The van der Waals surface area contributed by atoms with Crippen LogP contribution in [-0.2, 0) is 6.42 Å². The highest BCUT2D eigenvalue weighted by Gasteiger charge is 1.90. The second kappa shape index (κ2) is 5.47. The molecule has 0 aromatic heterocycles. The molecule has 0 bridgehead atoms. The van der Waals surface area contributed by atoms with Gasteiger partial charge in [-0.25, -0.2) is 5.53 Å². The fourth-order valence-electron chi connectivity index (χ4n) is 1.16. The van der Waals surface area contributed by atoms with E-state index < -0.39 is 0 Å². The molecule has 0 saturated carbocycles. The van der Waals surface area contributed by atoms with Crippen molar-refractivity contribution in [2.45, 2.75) is 19.3 Å². The lowest BCUT2D eigenvalue weighted by atomic mass is 10.1. The molecule has 2 nitrogen and oxygen atoms in total. The van der Waals surface area contributed by atoms with E-state index in [-0.39, 0.29) is 0 Å². The number of hydrogen-bond donors (Lipinski definition) is 1. The van der Waals surface area contributed by atoms with Crippen LogP contribution in [0.15, 0.2) is 35.4 Å². The van der Waals surface area contributed by atoms with E-state index in [1.165, 1.54) is 5.56 Å². The van der Waals surface area contributed by atoms with Crippen LogP contribution in [0.2, 0.25) is 0 Å². The zero-order valence-electron chi connectivity index (χ0n) is 7.16. The van der Waals surface area contributed by atoms with Crippen LogP contribution in [0.3, 0.4) is 0 Å². The van der Waals surface area contributed by atoms with Gasteiger partial charge in [0.25, 0.3) is 0 Å². The molecule has 1 N–H and O–H groups in total. The fourth-order valence-corrected chi connectivity index (χ4v) is 1.16. The zero-order valence-corrected chi connectivity index (χ0v) is 7.16. The Morgan fingerprint density at radius 2 is 1.83 bits per heavy atom. The van der Waals surface area contributed by atoms with E-state index in [0.29, 0.717) is 6.54 Å². The summed E-state index contributed by atoms with van der Waals surface area (Å²) in [7, 11) is 0. The highest BCUT2D eigenvalue weighted by molar-refractivity contribution is 5.14. The molecular formula is C10H14N2. The van der Waals surface area contributed by atoms with Gasteiger partial charge >= 0.3 is 0 Å². The third-order valence-corrected chi connectivity index (χ3v) is 1.83. The lowest BCUT2D eigenvalue weighted by Gasteiger charge is -1.98. The standard InChI is InChI=1S/C10H14N2/c11-12-9-5-4-8-10-6-2-1-3-7-10/h1-3,6-7,11H,4-5,8-9H2. The van der Waals surface area contributed by atoms with Crippen molar-refractivity contribution in [3.05, 3.63) is 35.9 Å². The van der Waals surface area contributed by atoms with Crippen LogP contribution in [0.1, 0.15) is 18.4 Å². The van der Waals surface area contributed by atoms with Gasteiger partial charge in [-0.1, -0.05) is 30.3 Å². The largest absolute Gasteiger partial charge is 0.210 e. The molecule has 0 heterocycles. The molecule has 0 aliphatic carbocycles. The number of hydrogen-bond acceptors (Lipinski definition) is 2. The topological polar surface area (TPSA) is 36.2 Å². The summed E-state index contributed by atoms with van der Waals surface area (Å²) in [5.41, 5.74) is 7.99. The number of rotatable bonds is 5. The summed E-state index contributed by atoms with van der Waals surface area (Å²) in [5.74, 6) is 0. The number of aryl methyl sites for hydroxylation is 1. The SMILES string of the molecule is N=NCCCCc1ccccc1. The van der Waals surface area contributed by atoms with E-state index in [2.05, 4.69) is 29.4 Å². The van der Waals surface area contributed by atoms with E-state index in [1.807, 2.05) is 6.07 Å². The molecule has 1 aromatic carbocycles. The van der Waals surface area contributed by atoms with Crippen LogP contribution in [0, 0.1) is 5.53 Å². The van der Waals surface area contributed by atoms with Gasteiger partial charge in [-0.3, -0.25) is 0 Å². The van der Waals surface area contributed by atoms with Crippen molar-refractivity contribution in [3.63, 3.8) is 0 Å². The highest BCUT2D eigenvalue weighted by atomic mass is 14.9. The van der Waals surface area contributed by atoms with Crippen LogP contribution < -0.4 is 0 Å². The Morgan fingerprint density at radius 3 is 2.50 bits per heavy atom. The minimum Gasteiger partial charge on any atom is -0.210 e. The first-order valence-electron chi connectivity index (χ1n) is 4.30. The average Bonchev–Trinajstić information content (AvgIpc) is 2.14. The second-order valence-corrected chi connectivity index (χ2v) is 2.82. The molecule has 0 fully saturated rings. The Hall–Kier alpha value is -1.18. The normalized spacial score (nSPS) is 9.67. The molecule has 12 heavy (non-hydrogen) atoms.